The van der Waals surface area contributed by atoms with Crippen LogP contribution in [0.5, 0.6) is 0 Å². The zero-order chi connectivity index (χ0) is 22.1. The monoisotopic (exact) mass is 414 g/mol. The van der Waals surface area contributed by atoms with Crippen LogP contribution in [0, 0.1) is 0 Å². The molecule has 9 nitrogen and oxygen atoms in total. The van der Waals surface area contributed by atoms with Gasteiger partial charge in [0, 0.05) is 0 Å². The lowest BCUT2D eigenvalue weighted by Crippen LogP contribution is -2.54. The molecule has 0 rings (SSSR count). The number of carbonyl (C=O) groups is 3. The van der Waals surface area contributed by atoms with Gasteiger partial charge in [0.25, 0.3) is 0 Å². The summed E-state index contributed by atoms with van der Waals surface area (Å²) >= 11 is 0. The van der Waals surface area contributed by atoms with Gasteiger partial charge in [0.05, 0.1) is 12.1 Å². The van der Waals surface area contributed by atoms with Gasteiger partial charge < -0.3 is 33.2 Å². The zero-order valence-electron chi connectivity index (χ0n) is 18.2. The number of hydrogen-bond donors (Lipinski definition) is 6. The molecule has 3 atom stereocenters. The van der Waals surface area contributed by atoms with Gasteiger partial charge in [0.15, 0.2) is 5.78 Å². The third-order valence-corrected chi connectivity index (χ3v) is 4.95. The summed E-state index contributed by atoms with van der Waals surface area (Å²) < 4.78 is 0. The summed E-state index contributed by atoms with van der Waals surface area (Å²) in [7, 11) is 1.72. The van der Waals surface area contributed by atoms with Gasteiger partial charge in [-0.2, -0.15) is 0 Å². The number of nitrogens with one attached hydrogen (secondary N) is 3. The first-order valence-electron chi connectivity index (χ1n) is 10.8. The third-order valence-electron chi connectivity index (χ3n) is 4.95. The number of hydrogen-bond acceptors (Lipinski definition) is 7. The van der Waals surface area contributed by atoms with E-state index < -0.39 is 12.1 Å². The second-order valence-corrected chi connectivity index (χ2v) is 7.43. The molecule has 0 spiro atoms. The van der Waals surface area contributed by atoms with Gasteiger partial charge in [-0.15, -0.1) is 0 Å². The van der Waals surface area contributed by atoms with Crippen molar-refractivity contribution in [2.24, 2.45) is 17.2 Å². The standard InChI is InChI=1S/C20H42N6O3/c1-15(27)16(9-3-6-12-21)25-20(29)18(11-5-8-14-23)26-19(28)17(24-2)10-4-7-13-22/h16-18,24H,3-14,21-23H2,1-2H3,(H,25,29)(H,26,28). The van der Waals surface area contributed by atoms with Crippen LogP contribution in [0.3, 0.4) is 0 Å². The Morgan fingerprint density at radius 1 is 0.655 bits per heavy atom. The van der Waals surface area contributed by atoms with Crippen LogP contribution in [0.25, 0.3) is 0 Å². The van der Waals surface area contributed by atoms with Crippen molar-refractivity contribution in [1.82, 2.24) is 16.0 Å². The fourth-order valence-electron chi connectivity index (χ4n) is 3.08. The molecule has 0 aliphatic heterocycles. The number of likely N-dealkylation sites (N-methyl/N-ethyl adjacent to an activating group) is 1. The molecule has 3 unspecified atom stereocenters. The SMILES string of the molecule is CNC(CCCCN)C(=O)NC(CCCCN)C(=O)NC(CCCCN)C(C)=O. The first-order chi connectivity index (χ1) is 13.9. The van der Waals surface area contributed by atoms with Crippen LogP contribution in [-0.4, -0.2) is 62.4 Å². The second kappa shape index (κ2) is 17.3. The molecule has 0 aromatic carbocycles. The quantitative estimate of drug-likeness (QED) is 0.165. The zero-order valence-corrected chi connectivity index (χ0v) is 18.2. The van der Waals surface area contributed by atoms with Crippen molar-refractivity contribution >= 4 is 17.6 Å². The van der Waals surface area contributed by atoms with Gasteiger partial charge in [0.2, 0.25) is 11.8 Å². The Labute approximate surface area is 175 Å². The summed E-state index contributed by atoms with van der Waals surface area (Å²) in [4.78, 5) is 37.4. The Hall–Kier alpha value is -1.55. The smallest absolute Gasteiger partial charge is 0.243 e. The van der Waals surface area contributed by atoms with Crippen LogP contribution in [0.15, 0.2) is 0 Å². The van der Waals surface area contributed by atoms with E-state index in [2.05, 4.69) is 16.0 Å². The van der Waals surface area contributed by atoms with Gasteiger partial charge in [-0.1, -0.05) is 6.42 Å². The van der Waals surface area contributed by atoms with Crippen molar-refractivity contribution in [2.45, 2.75) is 82.8 Å². The molecular weight excluding hydrogens is 372 g/mol. The lowest BCUT2D eigenvalue weighted by atomic mass is 10.0. The van der Waals surface area contributed by atoms with Crippen molar-refractivity contribution in [3.63, 3.8) is 0 Å². The number of nitrogens with two attached hydrogens (primary N) is 3. The summed E-state index contributed by atoms with van der Waals surface area (Å²) in [6.45, 7) is 3.12. The van der Waals surface area contributed by atoms with E-state index in [0.29, 0.717) is 45.3 Å². The normalized spacial score (nSPS) is 14.1. The molecule has 9 N–H and O–H groups in total. The van der Waals surface area contributed by atoms with E-state index in [1.165, 1.54) is 6.92 Å². The molecule has 0 aromatic rings. The van der Waals surface area contributed by atoms with Crippen LogP contribution in [-0.2, 0) is 14.4 Å². The van der Waals surface area contributed by atoms with Crippen molar-refractivity contribution < 1.29 is 14.4 Å². The highest BCUT2D eigenvalue weighted by atomic mass is 16.2. The third kappa shape index (κ3) is 12.6. The van der Waals surface area contributed by atoms with E-state index in [1.54, 1.807) is 7.05 Å². The maximum absolute atomic E-state index is 12.8. The van der Waals surface area contributed by atoms with E-state index in [-0.39, 0.29) is 23.6 Å². The molecule has 0 aromatic heterocycles. The molecule has 29 heavy (non-hydrogen) atoms. The molecule has 0 saturated heterocycles. The van der Waals surface area contributed by atoms with Gasteiger partial charge in [0.1, 0.15) is 6.04 Å². The average molecular weight is 415 g/mol. The highest BCUT2D eigenvalue weighted by molar-refractivity contribution is 5.92. The number of ketones is 1. The Morgan fingerprint density at radius 3 is 1.45 bits per heavy atom. The predicted molar refractivity (Wildman–Crippen MR) is 116 cm³/mol. The molecule has 0 bridgehead atoms. The Bertz CT molecular complexity index is 475. The van der Waals surface area contributed by atoms with Crippen molar-refractivity contribution in [2.75, 3.05) is 26.7 Å². The molecule has 2 amide bonds. The van der Waals surface area contributed by atoms with Crippen LogP contribution in [0.4, 0.5) is 0 Å². The predicted octanol–water partition coefficient (Wildman–Crippen LogP) is -0.480. The van der Waals surface area contributed by atoms with E-state index >= 15 is 0 Å². The number of amides is 2. The summed E-state index contributed by atoms with van der Waals surface area (Å²) in [6, 6.07) is -1.65. The minimum Gasteiger partial charge on any atom is -0.345 e. The molecule has 0 heterocycles. The van der Waals surface area contributed by atoms with Crippen LogP contribution < -0.4 is 33.2 Å². The maximum atomic E-state index is 12.8. The molecule has 170 valence electrons. The van der Waals surface area contributed by atoms with Crippen LogP contribution in [0.2, 0.25) is 0 Å². The molecule has 0 radical (unpaired) electrons. The Kier molecular flexibility index (Phi) is 16.4. The largest absolute Gasteiger partial charge is 0.345 e. The summed E-state index contributed by atoms with van der Waals surface area (Å²) in [5, 5.41) is 8.65. The summed E-state index contributed by atoms with van der Waals surface area (Å²) in [5.41, 5.74) is 16.6. The van der Waals surface area contributed by atoms with Gasteiger partial charge in [-0.25, -0.2) is 0 Å². The van der Waals surface area contributed by atoms with E-state index in [4.69, 9.17) is 17.2 Å². The molecule has 9 heteroatoms. The fourth-order valence-corrected chi connectivity index (χ4v) is 3.08. The van der Waals surface area contributed by atoms with Crippen molar-refractivity contribution in [3.8, 4) is 0 Å². The second-order valence-electron chi connectivity index (χ2n) is 7.43. The maximum Gasteiger partial charge on any atom is 0.243 e. The average Bonchev–Trinajstić information content (AvgIpc) is 2.69. The Balaban J connectivity index is 4.99. The van der Waals surface area contributed by atoms with E-state index in [0.717, 1.165) is 32.1 Å². The number of rotatable bonds is 18. The fraction of sp³-hybridized carbons (Fsp3) is 0.850. The summed E-state index contributed by atoms with van der Waals surface area (Å²) in [6.07, 6.45) is 6.36. The minimum absolute atomic E-state index is 0.0997. The van der Waals surface area contributed by atoms with Gasteiger partial charge in [-0.3, -0.25) is 14.4 Å². The minimum atomic E-state index is -0.698. The van der Waals surface area contributed by atoms with E-state index in [1.807, 2.05) is 0 Å². The number of carbonyl (C=O) groups excluding carboxylic acids is 3. The first kappa shape index (κ1) is 27.5. The topological polar surface area (TPSA) is 165 Å². The molecule has 0 aliphatic carbocycles. The lowest BCUT2D eigenvalue weighted by molar-refractivity contribution is -0.132. The van der Waals surface area contributed by atoms with Gasteiger partial charge >= 0.3 is 0 Å². The number of unbranched alkanes of at least 4 members (excludes halogenated alkanes) is 3. The van der Waals surface area contributed by atoms with Crippen LogP contribution >= 0.6 is 0 Å². The lowest BCUT2D eigenvalue weighted by Gasteiger charge is -2.24. The first-order valence-corrected chi connectivity index (χ1v) is 10.8. The van der Waals surface area contributed by atoms with E-state index in [9.17, 15) is 14.4 Å². The van der Waals surface area contributed by atoms with Crippen molar-refractivity contribution in [3.05, 3.63) is 0 Å². The van der Waals surface area contributed by atoms with Gasteiger partial charge in [-0.05, 0) is 85.0 Å². The molecule has 0 aliphatic rings. The highest BCUT2D eigenvalue weighted by Crippen LogP contribution is 2.07. The van der Waals surface area contributed by atoms with Crippen LogP contribution in [0.1, 0.15) is 64.7 Å². The summed E-state index contributed by atoms with van der Waals surface area (Å²) in [5.74, 6) is -0.655. The molecule has 0 fully saturated rings. The molecule has 0 saturated carbocycles. The van der Waals surface area contributed by atoms with Crippen molar-refractivity contribution in [1.29, 1.82) is 0 Å². The highest BCUT2D eigenvalue weighted by Gasteiger charge is 2.27. The number of Topliss-reactive ketones (excluding diaryl/α,β-unsaturated/α-hetero) is 1. The Morgan fingerprint density at radius 2 is 1.03 bits per heavy atom. The molecular formula is C20H42N6O3.